The Hall–Kier alpha value is -1.56. The third-order valence-electron chi connectivity index (χ3n) is 2.52. The fourth-order valence-electron chi connectivity index (χ4n) is 1.26. The molecule has 0 saturated carbocycles. The van der Waals surface area contributed by atoms with E-state index in [2.05, 4.69) is 5.32 Å². The lowest BCUT2D eigenvalue weighted by Crippen LogP contribution is -2.32. The molecule has 0 bridgehead atoms. The molecule has 1 aromatic carbocycles. The van der Waals surface area contributed by atoms with Crippen LogP contribution in [0, 0.1) is 6.92 Å². The molecule has 0 spiro atoms. The Labute approximate surface area is 101 Å². The highest BCUT2D eigenvalue weighted by molar-refractivity contribution is 7.92. The van der Waals surface area contributed by atoms with E-state index in [1.165, 1.54) is 6.92 Å². The van der Waals surface area contributed by atoms with Crippen molar-refractivity contribution in [3.63, 3.8) is 0 Å². The summed E-state index contributed by atoms with van der Waals surface area (Å²) in [7, 11) is -3.38. The average molecular weight is 256 g/mol. The highest BCUT2D eigenvalue weighted by atomic mass is 32.2. The molecule has 0 heterocycles. The van der Waals surface area contributed by atoms with Gasteiger partial charge in [0.25, 0.3) is 0 Å². The van der Waals surface area contributed by atoms with Crippen molar-refractivity contribution >= 4 is 27.1 Å². The van der Waals surface area contributed by atoms with Crippen LogP contribution >= 0.6 is 0 Å². The van der Waals surface area contributed by atoms with E-state index in [0.717, 1.165) is 11.8 Å². The second-order valence-corrected chi connectivity index (χ2v) is 6.40. The molecule has 0 aliphatic carbocycles. The molecule has 0 fully saturated rings. The predicted octanol–water partition coefficient (Wildman–Crippen LogP) is 0.949. The SMILES string of the molecule is Cc1cc(N)ccc1NC(=O)C(C)S(C)(=O)=O. The molecular weight excluding hydrogens is 240 g/mol. The zero-order valence-electron chi connectivity index (χ0n) is 10.0. The standard InChI is InChI=1S/C11H16N2O3S/c1-7-6-9(12)4-5-10(7)13-11(14)8(2)17(3,15)16/h4-6,8H,12H2,1-3H3,(H,13,14). The highest BCUT2D eigenvalue weighted by Gasteiger charge is 2.23. The Kier molecular flexibility index (Phi) is 3.77. The molecule has 3 N–H and O–H groups in total. The largest absolute Gasteiger partial charge is 0.399 e. The zero-order valence-corrected chi connectivity index (χ0v) is 10.8. The summed E-state index contributed by atoms with van der Waals surface area (Å²) in [4.78, 5) is 11.7. The van der Waals surface area contributed by atoms with Gasteiger partial charge in [-0.3, -0.25) is 4.79 Å². The van der Waals surface area contributed by atoms with Gasteiger partial charge in [0, 0.05) is 17.6 Å². The van der Waals surface area contributed by atoms with E-state index in [1.807, 2.05) is 0 Å². The summed E-state index contributed by atoms with van der Waals surface area (Å²) in [5, 5.41) is 1.50. The van der Waals surface area contributed by atoms with Crippen LogP contribution in [-0.4, -0.2) is 25.8 Å². The van der Waals surface area contributed by atoms with E-state index in [9.17, 15) is 13.2 Å². The quantitative estimate of drug-likeness (QED) is 0.788. The van der Waals surface area contributed by atoms with Crippen molar-refractivity contribution in [3.05, 3.63) is 23.8 Å². The highest BCUT2D eigenvalue weighted by Crippen LogP contribution is 2.18. The molecule has 5 nitrogen and oxygen atoms in total. The maximum absolute atomic E-state index is 11.7. The van der Waals surface area contributed by atoms with Crippen molar-refractivity contribution in [1.29, 1.82) is 0 Å². The topological polar surface area (TPSA) is 89.3 Å². The number of carbonyl (C=O) groups excluding carboxylic acids is 1. The minimum absolute atomic E-state index is 0.541. The Morgan fingerprint density at radius 1 is 1.41 bits per heavy atom. The number of aryl methyl sites for hydroxylation is 1. The summed E-state index contributed by atoms with van der Waals surface area (Å²) >= 11 is 0. The van der Waals surface area contributed by atoms with E-state index < -0.39 is 21.0 Å². The van der Waals surface area contributed by atoms with Gasteiger partial charge in [0.2, 0.25) is 5.91 Å². The fourth-order valence-corrected chi connectivity index (χ4v) is 1.70. The number of hydrogen-bond donors (Lipinski definition) is 2. The minimum Gasteiger partial charge on any atom is -0.399 e. The molecule has 17 heavy (non-hydrogen) atoms. The van der Waals surface area contributed by atoms with Crippen molar-refractivity contribution in [2.45, 2.75) is 19.1 Å². The second-order valence-electron chi connectivity index (χ2n) is 4.04. The molecule has 0 radical (unpaired) electrons. The Bertz CT molecular complexity index is 538. The first kappa shape index (κ1) is 13.5. The van der Waals surface area contributed by atoms with Crippen molar-refractivity contribution in [1.82, 2.24) is 0 Å². The first-order chi connectivity index (χ1) is 7.71. The summed E-state index contributed by atoms with van der Waals surface area (Å²) in [6, 6.07) is 5.01. The van der Waals surface area contributed by atoms with Crippen LogP contribution in [-0.2, 0) is 14.6 Å². The van der Waals surface area contributed by atoms with Crippen molar-refractivity contribution in [3.8, 4) is 0 Å². The Balaban J connectivity index is 2.89. The number of nitrogen functional groups attached to an aromatic ring is 1. The molecule has 0 aromatic heterocycles. The molecule has 94 valence electrons. The van der Waals surface area contributed by atoms with Gasteiger partial charge in [-0.05, 0) is 37.6 Å². The summed E-state index contributed by atoms with van der Waals surface area (Å²) in [6.45, 7) is 3.15. The molecule has 0 aliphatic heterocycles. The van der Waals surface area contributed by atoms with E-state index in [-0.39, 0.29) is 0 Å². The van der Waals surface area contributed by atoms with E-state index >= 15 is 0 Å². The number of sulfone groups is 1. The number of amides is 1. The van der Waals surface area contributed by atoms with E-state index in [4.69, 9.17) is 5.73 Å². The number of nitrogens with one attached hydrogen (secondary N) is 1. The van der Waals surface area contributed by atoms with Crippen LogP contribution in [0.15, 0.2) is 18.2 Å². The zero-order chi connectivity index (χ0) is 13.2. The molecule has 1 rings (SSSR count). The average Bonchev–Trinajstić information content (AvgIpc) is 2.19. The number of nitrogens with two attached hydrogens (primary N) is 1. The van der Waals surface area contributed by atoms with Crippen LogP contribution in [0.5, 0.6) is 0 Å². The molecule has 0 aliphatic rings. The van der Waals surface area contributed by atoms with Crippen LogP contribution in [0.1, 0.15) is 12.5 Å². The third-order valence-corrected chi connectivity index (χ3v) is 4.02. The van der Waals surface area contributed by atoms with E-state index in [1.54, 1.807) is 25.1 Å². The van der Waals surface area contributed by atoms with Crippen LogP contribution in [0.25, 0.3) is 0 Å². The van der Waals surface area contributed by atoms with Crippen molar-refractivity contribution in [2.75, 3.05) is 17.3 Å². The number of anilines is 2. The molecule has 0 saturated heterocycles. The van der Waals surface area contributed by atoms with Gasteiger partial charge in [-0.15, -0.1) is 0 Å². The van der Waals surface area contributed by atoms with Gasteiger partial charge in [0.1, 0.15) is 5.25 Å². The first-order valence-corrected chi connectivity index (χ1v) is 7.03. The smallest absolute Gasteiger partial charge is 0.242 e. The molecule has 1 unspecified atom stereocenters. The number of hydrogen-bond acceptors (Lipinski definition) is 4. The number of rotatable bonds is 3. The van der Waals surface area contributed by atoms with Crippen LogP contribution in [0.2, 0.25) is 0 Å². The summed E-state index contributed by atoms with van der Waals surface area (Å²) < 4.78 is 22.4. The summed E-state index contributed by atoms with van der Waals surface area (Å²) in [6.07, 6.45) is 1.03. The molecule has 6 heteroatoms. The Morgan fingerprint density at radius 2 is 2.00 bits per heavy atom. The van der Waals surface area contributed by atoms with Gasteiger partial charge in [-0.2, -0.15) is 0 Å². The van der Waals surface area contributed by atoms with Crippen molar-refractivity contribution < 1.29 is 13.2 Å². The normalized spacial score (nSPS) is 13.1. The molecule has 1 amide bonds. The Morgan fingerprint density at radius 3 is 2.47 bits per heavy atom. The first-order valence-electron chi connectivity index (χ1n) is 5.07. The summed E-state index contributed by atoms with van der Waals surface area (Å²) in [5.74, 6) is -0.541. The summed E-state index contributed by atoms with van der Waals surface area (Å²) in [5.41, 5.74) is 7.53. The molecule has 1 atom stereocenters. The lowest BCUT2D eigenvalue weighted by Gasteiger charge is -2.12. The van der Waals surface area contributed by atoms with Gasteiger partial charge in [-0.1, -0.05) is 0 Å². The second kappa shape index (κ2) is 4.75. The van der Waals surface area contributed by atoms with Crippen LogP contribution in [0.4, 0.5) is 11.4 Å². The monoisotopic (exact) mass is 256 g/mol. The minimum atomic E-state index is -3.38. The van der Waals surface area contributed by atoms with Crippen molar-refractivity contribution in [2.24, 2.45) is 0 Å². The van der Waals surface area contributed by atoms with Gasteiger partial charge >= 0.3 is 0 Å². The fraction of sp³-hybridized carbons (Fsp3) is 0.364. The molecular formula is C11H16N2O3S. The lowest BCUT2D eigenvalue weighted by molar-refractivity contribution is -0.115. The van der Waals surface area contributed by atoms with Gasteiger partial charge in [-0.25, -0.2) is 8.42 Å². The van der Waals surface area contributed by atoms with Crippen LogP contribution < -0.4 is 11.1 Å². The van der Waals surface area contributed by atoms with Gasteiger partial charge in [0.15, 0.2) is 9.84 Å². The maximum Gasteiger partial charge on any atom is 0.242 e. The number of carbonyl (C=O) groups is 1. The van der Waals surface area contributed by atoms with E-state index in [0.29, 0.717) is 11.4 Å². The number of benzene rings is 1. The third kappa shape index (κ3) is 3.45. The van der Waals surface area contributed by atoms with Gasteiger partial charge in [0.05, 0.1) is 0 Å². The predicted molar refractivity (Wildman–Crippen MR) is 68.5 cm³/mol. The molecule has 1 aromatic rings. The van der Waals surface area contributed by atoms with Gasteiger partial charge < -0.3 is 11.1 Å². The lowest BCUT2D eigenvalue weighted by atomic mass is 10.2. The maximum atomic E-state index is 11.7. The van der Waals surface area contributed by atoms with Crippen LogP contribution in [0.3, 0.4) is 0 Å².